The molecule has 0 atom stereocenters. The summed E-state index contributed by atoms with van der Waals surface area (Å²) in [5, 5.41) is 0.877. The van der Waals surface area contributed by atoms with Crippen molar-refractivity contribution in [3.63, 3.8) is 0 Å². The van der Waals surface area contributed by atoms with Crippen molar-refractivity contribution in [3.8, 4) is 11.5 Å². The number of pyridine rings is 1. The van der Waals surface area contributed by atoms with Gasteiger partial charge in [0.15, 0.2) is 5.75 Å². The monoisotopic (exact) mass is 361 g/mol. The molecule has 3 rings (SSSR count). The molecule has 3 aromatic rings. The summed E-state index contributed by atoms with van der Waals surface area (Å²) in [4.78, 5) is 27.3. The molecule has 0 unspecified atom stereocenters. The van der Waals surface area contributed by atoms with E-state index in [1.54, 1.807) is 6.07 Å². The lowest BCUT2D eigenvalue weighted by Gasteiger charge is -2.09. The second-order valence-corrected chi connectivity index (χ2v) is 6.08. The summed E-state index contributed by atoms with van der Waals surface area (Å²) in [5.41, 5.74) is 2.95. The fourth-order valence-electron chi connectivity index (χ4n) is 2.73. The van der Waals surface area contributed by atoms with Gasteiger partial charge < -0.3 is 9.47 Å². The van der Waals surface area contributed by atoms with Gasteiger partial charge in [-0.05, 0) is 36.8 Å². The molecule has 5 heteroatoms. The van der Waals surface area contributed by atoms with E-state index in [-0.39, 0.29) is 5.97 Å². The van der Waals surface area contributed by atoms with Crippen molar-refractivity contribution in [3.05, 3.63) is 65.4 Å². The van der Waals surface area contributed by atoms with Crippen molar-refractivity contribution in [1.29, 1.82) is 0 Å². The molecule has 0 aliphatic carbocycles. The Morgan fingerprint density at radius 2 is 1.63 bits per heavy atom. The molecule has 0 fully saturated rings. The van der Waals surface area contributed by atoms with E-state index in [2.05, 4.69) is 4.98 Å². The fourth-order valence-corrected chi connectivity index (χ4v) is 2.73. The highest BCUT2D eigenvalue weighted by atomic mass is 16.5. The summed E-state index contributed by atoms with van der Waals surface area (Å²) < 4.78 is 10.6. The van der Waals surface area contributed by atoms with Crippen LogP contribution in [-0.4, -0.2) is 16.9 Å². The minimum atomic E-state index is -0.393. The van der Waals surface area contributed by atoms with Gasteiger partial charge in [0, 0.05) is 24.8 Å². The van der Waals surface area contributed by atoms with Crippen LogP contribution in [0, 0.1) is 6.92 Å². The Labute approximate surface area is 157 Å². The molecule has 0 amide bonds. The number of carbonyl (C=O) groups excluding carboxylic acids is 2. The number of aromatic nitrogens is 1. The number of ether oxygens (including phenoxy) is 2. The Bertz CT molecular complexity index is 1050. The van der Waals surface area contributed by atoms with Gasteiger partial charge in [-0.2, -0.15) is 0 Å². The first-order valence-corrected chi connectivity index (χ1v) is 8.48. The predicted octanol–water partition coefficient (Wildman–Crippen LogP) is 4.56. The third-order valence-corrected chi connectivity index (χ3v) is 3.88. The summed E-state index contributed by atoms with van der Waals surface area (Å²) >= 11 is 0. The van der Waals surface area contributed by atoms with E-state index in [0.29, 0.717) is 22.7 Å². The van der Waals surface area contributed by atoms with Gasteiger partial charge in [0.25, 0.3) is 0 Å². The molecule has 0 N–H and O–H groups in total. The summed E-state index contributed by atoms with van der Waals surface area (Å²) in [6.45, 7) is 4.62. The summed E-state index contributed by atoms with van der Waals surface area (Å²) in [7, 11) is 0. The minimum absolute atomic E-state index is 0.367. The Balaban J connectivity index is 1.99. The van der Waals surface area contributed by atoms with Crippen LogP contribution in [0.25, 0.3) is 23.1 Å². The van der Waals surface area contributed by atoms with E-state index in [4.69, 9.17) is 9.47 Å². The van der Waals surface area contributed by atoms with Crippen molar-refractivity contribution < 1.29 is 19.1 Å². The third-order valence-electron chi connectivity index (χ3n) is 3.88. The lowest BCUT2D eigenvalue weighted by molar-refractivity contribution is -0.132. The molecule has 1 heterocycles. The molecule has 2 aromatic carbocycles. The quantitative estimate of drug-likeness (QED) is 0.503. The van der Waals surface area contributed by atoms with Gasteiger partial charge >= 0.3 is 11.9 Å². The number of rotatable bonds is 4. The summed E-state index contributed by atoms with van der Waals surface area (Å²) in [6, 6.07) is 14.9. The van der Waals surface area contributed by atoms with E-state index in [1.807, 2.05) is 61.5 Å². The topological polar surface area (TPSA) is 65.5 Å². The molecule has 0 spiro atoms. The molecule has 136 valence electrons. The van der Waals surface area contributed by atoms with Crippen molar-refractivity contribution >= 4 is 35.0 Å². The number of para-hydroxylation sites is 2. The third kappa shape index (κ3) is 4.39. The number of benzene rings is 2. The highest BCUT2D eigenvalue weighted by Gasteiger charge is 2.08. The predicted molar refractivity (Wildman–Crippen MR) is 104 cm³/mol. The maximum atomic E-state index is 11.4. The number of hydrogen-bond acceptors (Lipinski definition) is 5. The number of fused-ring (bicyclic) bond motifs is 1. The largest absolute Gasteiger partial charge is 0.426 e. The zero-order chi connectivity index (χ0) is 19.4. The average Bonchev–Trinajstić information content (AvgIpc) is 2.62. The van der Waals surface area contributed by atoms with Crippen LogP contribution in [0.2, 0.25) is 0 Å². The Hall–Kier alpha value is -3.47. The zero-order valence-electron chi connectivity index (χ0n) is 15.4. The highest BCUT2D eigenvalue weighted by Crippen LogP contribution is 2.27. The molecule has 0 aliphatic heterocycles. The first-order chi connectivity index (χ1) is 12.9. The SMILES string of the molecule is CC(=O)Oc1c(C)cccc1/C=C/c1ccc2cccc(OC(C)=O)c2n1. The number of esters is 2. The molecular weight excluding hydrogens is 342 g/mol. The molecule has 0 radical (unpaired) electrons. The van der Waals surface area contributed by atoms with Crippen LogP contribution in [0.15, 0.2) is 48.5 Å². The van der Waals surface area contributed by atoms with Gasteiger partial charge in [-0.15, -0.1) is 0 Å². The van der Waals surface area contributed by atoms with Gasteiger partial charge in [-0.1, -0.05) is 36.4 Å². The maximum absolute atomic E-state index is 11.4. The molecular formula is C22H19NO4. The number of carbonyl (C=O) groups is 2. The number of aryl methyl sites for hydroxylation is 1. The summed E-state index contributed by atoms with van der Waals surface area (Å²) in [5.74, 6) is 0.193. The van der Waals surface area contributed by atoms with Crippen LogP contribution in [0.5, 0.6) is 11.5 Å². The smallest absolute Gasteiger partial charge is 0.308 e. The van der Waals surface area contributed by atoms with Crippen LogP contribution in [0.1, 0.15) is 30.7 Å². The average molecular weight is 361 g/mol. The van der Waals surface area contributed by atoms with Crippen molar-refractivity contribution in [2.24, 2.45) is 0 Å². The van der Waals surface area contributed by atoms with Crippen LogP contribution in [0.4, 0.5) is 0 Å². The first kappa shape index (κ1) is 18.3. The first-order valence-electron chi connectivity index (χ1n) is 8.48. The summed E-state index contributed by atoms with van der Waals surface area (Å²) in [6.07, 6.45) is 3.67. The Morgan fingerprint density at radius 1 is 0.889 bits per heavy atom. The fraction of sp³-hybridized carbons (Fsp3) is 0.136. The lowest BCUT2D eigenvalue weighted by Crippen LogP contribution is -2.04. The molecule has 0 saturated carbocycles. The normalized spacial score (nSPS) is 10.9. The van der Waals surface area contributed by atoms with Gasteiger partial charge in [0.2, 0.25) is 0 Å². The number of hydrogen-bond donors (Lipinski definition) is 0. The van der Waals surface area contributed by atoms with E-state index in [0.717, 1.165) is 16.5 Å². The molecule has 0 bridgehead atoms. The highest BCUT2D eigenvalue weighted by molar-refractivity contribution is 5.88. The standard InChI is InChI=1S/C22H19NO4/c1-14-6-4-8-18(22(14)27-16(3)25)11-13-19-12-10-17-7-5-9-20(21(17)23-19)26-15(2)24/h4-13H,1-3H3/b13-11+. The minimum Gasteiger partial charge on any atom is -0.426 e. The van der Waals surface area contributed by atoms with E-state index in [1.165, 1.54) is 13.8 Å². The second kappa shape index (κ2) is 7.83. The van der Waals surface area contributed by atoms with Crippen molar-refractivity contribution in [1.82, 2.24) is 4.98 Å². The molecule has 0 aliphatic rings. The molecule has 1 aromatic heterocycles. The van der Waals surface area contributed by atoms with Gasteiger partial charge in [-0.3, -0.25) is 9.59 Å². The van der Waals surface area contributed by atoms with Gasteiger partial charge in [-0.25, -0.2) is 4.98 Å². The van der Waals surface area contributed by atoms with Crippen molar-refractivity contribution in [2.45, 2.75) is 20.8 Å². The zero-order valence-corrected chi connectivity index (χ0v) is 15.4. The maximum Gasteiger partial charge on any atom is 0.308 e. The molecule has 27 heavy (non-hydrogen) atoms. The van der Waals surface area contributed by atoms with E-state index >= 15 is 0 Å². The van der Waals surface area contributed by atoms with Gasteiger partial charge in [0.05, 0.1) is 5.69 Å². The Morgan fingerprint density at radius 3 is 2.37 bits per heavy atom. The molecule has 5 nitrogen and oxygen atoms in total. The van der Waals surface area contributed by atoms with Gasteiger partial charge in [0.1, 0.15) is 11.3 Å². The van der Waals surface area contributed by atoms with Crippen molar-refractivity contribution in [2.75, 3.05) is 0 Å². The second-order valence-electron chi connectivity index (χ2n) is 6.08. The van der Waals surface area contributed by atoms with Crippen LogP contribution < -0.4 is 9.47 Å². The molecule has 0 saturated heterocycles. The lowest BCUT2D eigenvalue weighted by atomic mass is 10.1. The Kier molecular flexibility index (Phi) is 5.31. The van der Waals surface area contributed by atoms with Crippen LogP contribution in [0.3, 0.4) is 0 Å². The van der Waals surface area contributed by atoms with Crippen LogP contribution in [-0.2, 0) is 9.59 Å². The van der Waals surface area contributed by atoms with E-state index < -0.39 is 5.97 Å². The van der Waals surface area contributed by atoms with E-state index in [9.17, 15) is 9.59 Å². The van der Waals surface area contributed by atoms with Crippen LogP contribution >= 0.6 is 0 Å². The number of nitrogens with zero attached hydrogens (tertiary/aromatic N) is 1.